The second-order valence-electron chi connectivity index (χ2n) is 5.49. The molecule has 0 aliphatic heterocycles. The number of benzene rings is 1. The summed E-state index contributed by atoms with van der Waals surface area (Å²) in [5.41, 5.74) is 0. The number of hydrogen-bond donors (Lipinski definition) is 1. The zero-order valence-corrected chi connectivity index (χ0v) is 13.7. The van der Waals surface area contributed by atoms with Gasteiger partial charge in [0.2, 0.25) is 0 Å². The summed E-state index contributed by atoms with van der Waals surface area (Å²) in [6.45, 7) is 0. The molecule has 0 atom stereocenters. The highest BCUT2D eigenvalue weighted by atomic mass is 32.2. The first-order valence-electron chi connectivity index (χ1n) is 8.18. The number of carboxylic acids is 1. The lowest BCUT2D eigenvalue weighted by atomic mass is 10.1. The van der Waals surface area contributed by atoms with Gasteiger partial charge in [-0.05, 0) is 30.7 Å². The van der Waals surface area contributed by atoms with E-state index in [2.05, 4.69) is 30.3 Å². The summed E-state index contributed by atoms with van der Waals surface area (Å²) >= 11 is 1.95. The molecule has 2 nitrogen and oxygen atoms in total. The third kappa shape index (κ3) is 11.4. The summed E-state index contributed by atoms with van der Waals surface area (Å²) in [6.07, 6.45) is 11.3. The van der Waals surface area contributed by atoms with Crippen LogP contribution in [0.15, 0.2) is 35.2 Å². The van der Waals surface area contributed by atoms with Crippen molar-refractivity contribution in [3.8, 4) is 0 Å². The first-order valence-corrected chi connectivity index (χ1v) is 9.17. The highest BCUT2D eigenvalue weighted by molar-refractivity contribution is 7.99. The van der Waals surface area contributed by atoms with Gasteiger partial charge in [0.15, 0.2) is 0 Å². The molecule has 1 aromatic carbocycles. The Hall–Kier alpha value is -0.960. The molecule has 0 bridgehead atoms. The fourth-order valence-corrected chi connectivity index (χ4v) is 3.26. The molecule has 0 unspecified atom stereocenters. The molecule has 0 radical (unpaired) electrons. The molecule has 0 aliphatic carbocycles. The van der Waals surface area contributed by atoms with Gasteiger partial charge in [0.1, 0.15) is 0 Å². The Kier molecular flexibility index (Phi) is 11.0. The Labute approximate surface area is 133 Å². The van der Waals surface area contributed by atoms with Crippen molar-refractivity contribution in [2.45, 2.75) is 69.1 Å². The van der Waals surface area contributed by atoms with E-state index < -0.39 is 5.97 Å². The van der Waals surface area contributed by atoms with E-state index in [1.807, 2.05) is 11.8 Å². The van der Waals surface area contributed by atoms with Crippen molar-refractivity contribution in [1.82, 2.24) is 0 Å². The third-order valence-electron chi connectivity index (χ3n) is 3.55. The molecule has 0 saturated heterocycles. The summed E-state index contributed by atoms with van der Waals surface area (Å²) in [7, 11) is 0. The van der Waals surface area contributed by atoms with Crippen molar-refractivity contribution >= 4 is 17.7 Å². The van der Waals surface area contributed by atoms with Gasteiger partial charge in [-0.15, -0.1) is 11.8 Å². The minimum atomic E-state index is -0.664. The molecule has 118 valence electrons. The maximum Gasteiger partial charge on any atom is 0.303 e. The monoisotopic (exact) mass is 308 g/mol. The van der Waals surface area contributed by atoms with E-state index in [0.717, 1.165) is 12.8 Å². The van der Waals surface area contributed by atoms with Crippen molar-refractivity contribution in [2.24, 2.45) is 0 Å². The van der Waals surface area contributed by atoms with Crippen molar-refractivity contribution in [3.05, 3.63) is 30.3 Å². The Morgan fingerprint density at radius 1 is 0.810 bits per heavy atom. The van der Waals surface area contributed by atoms with Crippen molar-refractivity contribution < 1.29 is 9.90 Å². The summed E-state index contributed by atoms with van der Waals surface area (Å²) in [4.78, 5) is 11.7. The van der Waals surface area contributed by atoms with E-state index in [-0.39, 0.29) is 0 Å². The van der Waals surface area contributed by atoms with Gasteiger partial charge < -0.3 is 5.11 Å². The predicted molar refractivity (Wildman–Crippen MR) is 91.0 cm³/mol. The molecule has 3 heteroatoms. The van der Waals surface area contributed by atoms with Gasteiger partial charge in [-0.25, -0.2) is 0 Å². The van der Waals surface area contributed by atoms with Crippen LogP contribution in [0.4, 0.5) is 0 Å². The first kappa shape index (κ1) is 18.1. The van der Waals surface area contributed by atoms with E-state index in [4.69, 9.17) is 5.11 Å². The van der Waals surface area contributed by atoms with Crippen LogP contribution in [0.2, 0.25) is 0 Å². The van der Waals surface area contributed by atoms with Gasteiger partial charge in [-0.3, -0.25) is 4.79 Å². The van der Waals surface area contributed by atoms with E-state index in [1.54, 1.807) is 0 Å². The van der Waals surface area contributed by atoms with E-state index >= 15 is 0 Å². The fourth-order valence-electron chi connectivity index (χ4n) is 2.32. The zero-order chi connectivity index (χ0) is 15.2. The van der Waals surface area contributed by atoms with Gasteiger partial charge in [-0.2, -0.15) is 0 Å². The van der Waals surface area contributed by atoms with Gasteiger partial charge in [0.05, 0.1) is 0 Å². The van der Waals surface area contributed by atoms with Crippen LogP contribution in [-0.2, 0) is 4.79 Å². The average molecular weight is 308 g/mol. The quantitative estimate of drug-likeness (QED) is 0.371. The fraction of sp³-hybridized carbons (Fsp3) is 0.611. The largest absolute Gasteiger partial charge is 0.481 e. The van der Waals surface area contributed by atoms with E-state index in [0.29, 0.717) is 6.42 Å². The molecule has 0 fully saturated rings. The van der Waals surface area contributed by atoms with Crippen molar-refractivity contribution in [2.75, 3.05) is 5.75 Å². The number of unbranched alkanes of at least 4 members (excludes halogenated alkanes) is 8. The molecule has 0 spiro atoms. The molecule has 1 N–H and O–H groups in total. The lowest BCUT2D eigenvalue weighted by molar-refractivity contribution is -0.137. The minimum absolute atomic E-state index is 0.332. The Morgan fingerprint density at radius 3 is 1.90 bits per heavy atom. The molecular weight excluding hydrogens is 280 g/mol. The van der Waals surface area contributed by atoms with Crippen molar-refractivity contribution in [1.29, 1.82) is 0 Å². The number of hydrogen-bond acceptors (Lipinski definition) is 2. The second-order valence-corrected chi connectivity index (χ2v) is 6.66. The number of carboxylic acid groups (broad SMARTS) is 1. The Balaban J connectivity index is 1.78. The number of rotatable bonds is 13. The Bertz CT molecular complexity index is 365. The van der Waals surface area contributed by atoms with Crippen LogP contribution in [0.3, 0.4) is 0 Å². The number of carbonyl (C=O) groups is 1. The van der Waals surface area contributed by atoms with Gasteiger partial charge in [-0.1, -0.05) is 63.1 Å². The van der Waals surface area contributed by atoms with Crippen LogP contribution in [0.5, 0.6) is 0 Å². The van der Waals surface area contributed by atoms with Gasteiger partial charge >= 0.3 is 5.97 Å². The average Bonchev–Trinajstić information content (AvgIpc) is 2.49. The lowest BCUT2D eigenvalue weighted by Gasteiger charge is -2.03. The molecule has 0 aliphatic rings. The SMILES string of the molecule is O=C(O)CCCCCCCCCCCSc1ccccc1. The number of aliphatic carboxylic acids is 1. The van der Waals surface area contributed by atoms with Crippen molar-refractivity contribution in [3.63, 3.8) is 0 Å². The molecule has 1 aromatic rings. The molecule has 0 saturated carbocycles. The van der Waals surface area contributed by atoms with E-state index in [1.165, 1.54) is 55.6 Å². The number of thioether (sulfide) groups is 1. The zero-order valence-electron chi connectivity index (χ0n) is 12.9. The minimum Gasteiger partial charge on any atom is -0.481 e. The topological polar surface area (TPSA) is 37.3 Å². The maximum absolute atomic E-state index is 10.3. The molecule has 1 rings (SSSR count). The first-order chi connectivity index (χ1) is 10.3. The normalized spacial score (nSPS) is 10.7. The Morgan fingerprint density at radius 2 is 1.33 bits per heavy atom. The van der Waals surface area contributed by atoms with Crippen LogP contribution >= 0.6 is 11.8 Å². The van der Waals surface area contributed by atoms with Gasteiger partial charge in [0, 0.05) is 11.3 Å². The predicted octanol–water partition coefficient (Wildman–Crippen LogP) is 5.76. The molecule has 0 aromatic heterocycles. The highest BCUT2D eigenvalue weighted by Gasteiger charge is 1.97. The van der Waals surface area contributed by atoms with Crippen LogP contribution in [0, 0.1) is 0 Å². The summed E-state index contributed by atoms with van der Waals surface area (Å²) in [5.74, 6) is 0.558. The molecule has 0 heterocycles. The highest BCUT2D eigenvalue weighted by Crippen LogP contribution is 2.19. The van der Waals surface area contributed by atoms with Gasteiger partial charge in [0.25, 0.3) is 0 Å². The molecule has 21 heavy (non-hydrogen) atoms. The summed E-state index contributed by atoms with van der Waals surface area (Å²) in [6, 6.07) is 10.6. The molecule has 0 amide bonds. The standard InChI is InChI=1S/C18H28O2S/c19-18(20)15-11-6-4-2-1-3-5-7-12-16-21-17-13-9-8-10-14-17/h8-10,13-14H,1-7,11-12,15-16H2,(H,19,20). The lowest BCUT2D eigenvalue weighted by Crippen LogP contribution is -1.93. The maximum atomic E-state index is 10.3. The van der Waals surface area contributed by atoms with Crippen LogP contribution in [0.1, 0.15) is 64.2 Å². The smallest absolute Gasteiger partial charge is 0.303 e. The van der Waals surface area contributed by atoms with Crippen LogP contribution < -0.4 is 0 Å². The second kappa shape index (κ2) is 12.8. The molecular formula is C18H28O2S. The van der Waals surface area contributed by atoms with Crippen LogP contribution in [0.25, 0.3) is 0 Å². The summed E-state index contributed by atoms with van der Waals surface area (Å²) in [5, 5.41) is 8.53. The summed E-state index contributed by atoms with van der Waals surface area (Å²) < 4.78 is 0. The van der Waals surface area contributed by atoms with Crippen LogP contribution in [-0.4, -0.2) is 16.8 Å². The van der Waals surface area contributed by atoms with E-state index in [9.17, 15) is 4.79 Å². The third-order valence-corrected chi connectivity index (χ3v) is 4.65.